The third kappa shape index (κ3) is 3.55. The number of hydrogen-bond acceptors (Lipinski definition) is 4. The van der Waals surface area contributed by atoms with Gasteiger partial charge < -0.3 is 10.1 Å². The molecule has 0 fully saturated rings. The van der Waals surface area contributed by atoms with Gasteiger partial charge in [-0.25, -0.2) is 9.97 Å². The van der Waals surface area contributed by atoms with E-state index in [2.05, 4.69) is 51.7 Å². The Bertz CT molecular complexity index is 355. The van der Waals surface area contributed by atoms with Gasteiger partial charge >= 0.3 is 0 Å². The second kappa shape index (κ2) is 6.34. The maximum absolute atomic E-state index is 5.07. The van der Waals surface area contributed by atoms with Crippen LogP contribution in [0.15, 0.2) is 0 Å². The number of nitrogens with one attached hydrogen (secondary N) is 1. The minimum atomic E-state index is 0.455. The van der Waals surface area contributed by atoms with E-state index in [0.717, 1.165) is 27.3 Å². The molecule has 16 heavy (non-hydrogen) atoms. The van der Waals surface area contributed by atoms with Gasteiger partial charge in [0, 0.05) is 14.2 Å². The summed E-state index contributed by atoms with van der Waals surface area (Å²) in [6.45, 7) is 4.83. The lowest BCUT2D eigenvalue weighted by Gasteiger charge is -2.12. The van der Waals surface area contributed by atoms with Crippen LogP contribution in [0, 0.1) is 9.49 Å². The van der Waals surface area contributed by atoms with E-state index < -0.39 is 0 Å². The normalized spacial score (nSPS) is 10.9. The van der Waals surface area contributed by atoms with Crippen molar-refractivity contribution in [1.29, 1.82) is 0 Å². The number of methoxy groups -OCH3 is 1. The molecule has 1 aromatic heterocycles. The highest BCUT2D eigenvalue weighted by molar-refractivity contribution is 14.1. The summed E-state index contributed by atoms with van der Waals surface area (Å²) in [5, 5.41) is 3.09. The first kappa shape index (κ1) is 13.6. The largest absolute Gasteiger partial charge is 0.377 e. The number of nitrogens with zero attached hydrogens (tertiary/aromatic N) is 2. The van der Waals surface area contributed by atoms with Gasteiger partial charge in [-0.1, -0.05) is 13.8 Å². The number of halogens is 1. The smallest absolute Gasteiger partial charge is 0.156 e. The fraction of sp³-hybridized carbons (Fsp3) is 0.636. The second-order valence-electron chi connectivity index (χ2n) is 4.03. The van der Waals surface area contributed by atoms with Gasteiger partial charge in [-0.15, -0.1) is 0 Å². The molecule has 0 radical (unpaired) electrons. The Morgan fingerprint density at radius 2 is 2.06 bits per heavy atom. The molecule has 0 aromatic carbocycles. The topological polar surface area (TPSA) is 47.0 Å². The first-order valence-electron chi connectivity index (χ1n) is 5.30. The summed E-state index contributed by atoms with van der Waals surface area (Å²) in [5.74, 6) is 2.21. The molecule has 1 N–H and O–H groups in total. The van der Waals surface area contributed by atoms with Crippen LogP contribution in [0.25, 0.3) is 0 Å². The molecule has 0 saturated carbocycles. The van der Waals surface area contributed by atoms with Gasteiger partial charge in [0.1, 0.15) is 12.4 Å². The van der Waals surface area contributed by atoms with E-state index in [9.17, 15) is 0 Å². The van der Waals surface area contributed by atoms with Crippen molar-refractivity contribution < 1.29 is 4.74 Å². The predicted octanol–water partition coefficient (Wildman–Crippen LogP) is 2.47. The fourth-order valence-electron chi connectivity index (χ4n) is 1.43. The molecule has 5 heteroatoms. The Morgan fingerprint density at radius 1 is 1.38 bits per heavy atom. The van der Waals surface area contributed by atoms with Crippen LogP contribution >= 0.6 is 22.6 Å². The molecule has 90 valence electrons. The van der Waals surface area contributed by atoms with Crippen LogP contribution in [-0.2, 0) is 17.8 Å². The first-order valence-corrected chi connectivity index (χ1v) is 6.38. The Balaban J connectivity index is 3.08. The number of hydrogen-bond donors (Lipinski definition) is 1. The third-order valence-corrected chi connectivity index (χ3v) is 3.21. The zero-order valence-electron chi connectivity index (χ0n) is 10.2. The predicted molar refractivity (Wildman–Crippen MR) is 73.6 cm³/mol. The lowest BCUT2D eigenvalue weighted by atomic mass is 10.1. The monoisotopic (exact) mass is 335 g/mol. The molecule has 0 atom stereocenters. The van der Waals surface area contributed by atoms with Crippen molar-refractivity contribution in [2.24, 2.45) is 5.92 Å². The van der Waals surface area contributed by atoms with Crippen LogP contribution in [0.1, 0.15) is 25.4 Å². The van der Waals surface area contributed by atoms with Crippen molar-refractivity contribution in [3.63, 3.8) is 0 Å². The van der Waals surface area contributed by atoms with E-state index in [1.165, 1.54) is 0 Å². The summed E-state index contributed by atoms with van der Waals surface area (Å²) in [6.07, 6.45) is 0.964. The summed E-state index contributed by atoms with van der Waals surface area (Å²) in [4.78, 5) is 8.92. The van der Waals surface area contributed by atoms with Crippen LogP contribution in [0.2, 0.25) is 0 Å². The van der Waals surface area contributed by atoms with E-state index >= 15 is 0 Å². The lowest BCUT2D eigenvalue weighted by Crippen LogP contribution is -2.10. The van der Waals surface area contributed by atoms with E-state index in [-0.39, 0.29) is 0 Å². The summed E-state index contributed by atoms with van der Waals surface area (Å²) in [5.41, 5.74) is 1.10. The van der Waals surface area contributed by atoms with Gasteiger partial charge in [0.25, 0.3) is 0 Å². The highest BCUT2D eigenvalue weighted by atomic mass is 127. The molecule has 0 spiro atoms. The van der Waals surface area contributed by atoms with E-state index in [0.29, 0.717) is 12.5 Å². The average molecular weight is 335 g/mol. The Kier molecular flexibility index (Phi) is 5.40. The Morgan fingerprint density at radius 3 is 2.56 bits per heavy atom. The third-order valence-electron chi connectivity index (χ3n) is 2.08. The summed E-state index contributed by atoms with van der Waals surface area (Å²) in [6, 6.07) is 0. The number of anilines is 1. The highest BCUT2D eigenvalue weighted by Gasteiger charge is 2.12. The fourth-order valence-corrected chi connectivity index (χ4v) is 2.16. The van der Waals surface area contributed by atoms with Crippen LogP contribution in [0.3, 0.4) is 0 Å². The zero-order valence-corrected chi connectivity index (χ0v) is 12.3. The van der Waals surface area contributed by atoms with Crippen molar-refractivity contribution in [3.05, 3.63) is 15.1 Å². The molecule has 0 bridgehead atoms. The van der Waals surface area contributed by atoms with Crippen molar-refractivity contribution in [1.82, 2.24) is 9.97 Å². The van der Waals surface area contributed by atoms with E-state index in [1.54, 1.807) is 7.11 Å². The number of ether oxygens (including phenoxy) is 1. The van der Waals surface area contributed by atoms with Crippen molar-refractivity contribution in [2.45, 2.75) is 26.9 Å². The molecular weight excluding hydrogens is 317 g/mol. The minimum absolute atomic E-state index is 0.455. The van der Waals surface area contributed by atoms with Gasteiger partial charge in [-0.2, -0.15) is 0 Å². The van der Waals surface area contributed by atoms with Gasteiger partial charge in [0.05, 0.1) is 9.26 Å². The van der Waals surface area contributed by atoms with Crippen LogP contribution in [0.4, 0.5) is 5.82 Å². The first-order chi connectivity index (χ1) is 7.58. The van der Waals surface area contributed by atoms with Crippen LogP contribution < -0.4 is 5.32 Å². The minimum Gasteiger partial charge on any atom is -0.377 e. The average Bonchev–Trinajstić information content (AvgIpc) is 2.22. The molecule has 0 aliphatic rings. The molecule has 1 aromatic rings. The SMILES string of the molecule is CNc1nc(COC)nc(CC(C)C)c1I. The van der Waals surface area contributed by atoms with Gasteiger partial charge in [0.2, 0.25) is 0 Å². The van der Waals surface area contributed by atoms with Crippen molar-refractivity contribution in [3.8, 4) is 0 Å². The second-order valence-corrected chi connectivity index (χ2v) is 5.11. The van der Waals surface area contributed by atoms with Gasteiger partial charge in [0.15, 0.2) is 5.82 Å². The molecule has 0 saturated heterocycles. The zero-order chi connectivity index (χ0) is 12.1. The van der Waals surface area contributed by atoms with Crippen LogP contribution in [-0.4, -0.2) is 24.1 Å². The molecule has 4 nitrogen and oxygen atoms in total. The maximum Gasteiger partial charge on any atom is 0.156 e. The molecule has 0 aliphatic heterocycles. The lowest BCUT2D eigenvalue weighted by molar-refractivity contribution is 0.177. The molecule has 0 aliphatic carbocycles. The van der Waals surface area contributed by atoms with Crippen LogP contribution in [0.5, 0.6) is 0 Å². The quantitative estimate of drug-likeness (QED) is 0.840. The molecule has 0 amide bonds. The summed E-state index contributed by atoms with van der Waals surface area (Å²) >= 11 is 2.29. The van der Waals surface area contributed by atoms with Crippen molar-refractivity contribution in [2.75, 3.05) is 19.5 Å². The van der Waals surface area contributed by atoms with Gasteiger partial charge in [-0.05, 0) is 34.9 Å². The van der Waals surface area contributed by atoms with E-state index in [1.807, 2.05) is 7.05 Å². The molecular formula is C11H18IN3O. The Hall–Kier alpha value is -0.430. The summed E-state index contributed by atoms with van der Waals surface area (Å²) in [7, 11) is 3.53. The Labute approximate surface area is 110 Å². The van der Waals surface area contributed by atoms with E-state index in [4.69, 9.17) is 4.74 Å². The highest BCUT2D eigenvalue weighted by Crippen LogP contribution is 2.21. The number of aromatic nitrogens is 2. The summed E-state index contributed by atoms with van der Waals surface area (Å²) < 4.78 is 6.18. The number of rotatable bonds is 5. The van der Waals surface area contributed by atoms with Crippen molar-refractivity contribution >= 4 is 28.4 Å². The molecule has 1 rings (SSSR count). The van der Waals surface area contributed by atoms with Gasteiger partial charge in [-0.3, -0.25) is 0 Å². The standard InChI is InChI=1S/C11H18IN3O/c1-7(2)5-8-10(12)11(13-3)15-9(14-8)6-16-4/h7H,5-6H2,1-4H3,(H,13,14,15). The molecule has 0 unspecified atom stereocenters. The maximum atomic E-state index is 5.07. The molecule has 1 heterocycles.